The fraction of sp³-hybridized carbons (Fsp3) is 0.381. The Labute approximate surface area is 177 Å². The first kappa shape index (κ1) is 23.3. The third kappa shape index (κ3) is 5.56. The van der Waals surface area contributed by atoms with Crippen LogP contribution in [0.4, 0.5) is 11.4 Å². The van der Waals surface area contributed by atoms with Crippen molar-refractivity contribution in [1.82, 2.24) is 5.32 Å². The van der Waals surface area contributed by atoms with Crippen molar-refractivity contribution < 1.29 is 18.1 Å². The SMILES string of the molecule is CC(C)C(NC(=O)CN(c1ccc([N+](=O)[O-])cc1)S(=O)(=O)c1ccccc1)C(C)C. The maximum Gasteiger partial charge on any atom is 0.269 e. The second-order valence-corrected chi connectivity index (χ2v) is 9.54. The summed E-state index contributed by atoms with van der Waals surface area (Å²) >= 11 is 0. The number of amides is 1. The van der Waals surface area contributed by atoms with Gasteiger partial charge in [-0.3, -0.25) is 19.2 Å². The van der Waals surface area contributed by atoms with Gasteiger partial charge in [0.2, 0.25) is 5.91 Å². The topological polar surface area (TPSA) is 110 Å². The summed E-state index contributed by atoms with van der Waals surface area (Å²) in [4.78, 5) is 23.2. The fourth-order valence-electron chi connectivity index (χ4n) is 3.24. The van der Waals surface area contributed by atoms with Crippen LogP contribution in [0.25, 0.3) is 0 Å². The number of benzene rings is 2. The Balaban J connectivity index is 2.41. The summed E-state index contributed by atoms with van der Waals surface area (Å²) < 4.78 is 27.5. The maximum atomic E-state index is 13.3. The molecule has 0 unspecified atom stereocenters. The van der Waals surface area contributed by atoms with Crippen LogP contribution in [0.5, 0.6) is 0 Å². The van der Waals surface area contributed by atoms with Crippen molar-refractivity contribution >= 4 is 27.3 Å². The molecule has 1 amide bonds. The molecule has 0 aliphatic heterocycles. The normalized spacial score (nSPS) is 11.7. The number of non-ortho nitro benzene ring substituents is 1. The minimum absolute atomic E-state index is 0.0282. The zero-order chi connectivity index (χ0) is 22.5. The number of nitro benzene ring substituents is 1. The number of nitro groups is 1. The van der Waals surface area contributed by atoms with Crippen molar-refractivity contribution in [2.75, 3.05) is 10.8 Å². The second kappa shape index (κ2) is 9.71. The lowest BCUT2D eigenvalue weighted by Crippen LogP contribution is -2.47. The molecule has 0 aromatic heterocycles. The summed E-state index contributed by atoms with van der Waals surface area (Å²) in [6.45, 7) is 7.50. The van der Waals surface area contributed by atoms with Crippen LogP contribution >= 0.6 is 0 Å². The molecule has 0 bridgehead atoms. The van der Waals surface area contributed by atoms with Crippen molar-refractivity contribution in [3.63, 3.8) is 0 Å². The lowest BCUT2D eigenvalue weighted by Gasteiger charge is -2.29. The minimum atomic E-state index is -4.06. The molecule has 2 aromatic carbocycles. The molecule has 2 rings (SSSR count). The summed E-state index contributed by atoms with van der Waals surface area (Å²) in [6.07, 6.45) is 0. The Kier molecular flexibility index (Phi) is 7.55. The van der Waals surface area contributed by atoms with Crippen LogP contribution in [0.3, 0.4) is 0 Å². The lowest BCUT2D eigenvalue weighted by molar-refractivity contribution is -0.384. The predicted molar refractivity (Wildman–Crippen MR) is 116 cm³/mol. The van der Waals surface area contributed by atoms with Crippen LogP contribution in [0, 0.1) is 22.0 Å². The highest BCUT2D eigenvalue weighted by Crippen LogP contribution is 2.26. The van der Waals surface area contributed by atoms with E-state index in [1.54, 1.807) is 18.2 Å². The Morgan fingerprint density at radius 2 is 1.53 bits per heavy atom. The van der Waals surface area contributed by atoms with Gasteiger partial charge in [-0.2, -0.15) is 0 Å². The van der Waals surface area contributed by atoms with E-state index in [-0.39, 0.29) is 34.1 Å². The predicted octanol–water partition coefficient (Wildman–Crippen LogP) is 3.59. The molecule has 0 saturated heterocycles. The van der Waals surface area contributed by atoms with Gasteiger partial charge in [-0.15, -0.1) is 0 Å². The molecular weight excluding hydrogens is 406 g/mol. The molecule has 9 heteroatoms. The fourth-order valence-corrected chi connectivity index (χ4v) is 4.68. The van der Waals surface area contributed by atoms with Gasteiger partial charge in [0.15, 0.2) is 0 Å². The number of rotatable bonds is 9. The molecule has 0 saturated carbocycles. The van der Waals surface area contributed by atoms with Crippen LogP contribution in [-0.2, 0) is 14.8 Å². The number of carbonyl (C=O) groups excluding carboxylic acids is 1. The van der Waals surface area contributed by atoms with Crippen molar-refractivity contribution in [1.29, 1.82) is 0 Å². The molecule has 0 aliphatic rings. The van der Waals surface area contributed by atoms with E-state index in [9.17, 15) is 23.3 Å². The smallest absolute Gasteiger partial charge is 0.269 e. The Morgan fingerprint density at radius 3 is 2.00 bits per heavy atom. The average Bonchev–Trinajstić information content (AvgIpc) is 2.70. The van der Waals surface area contributed by atoms with Crippen molar-refractivity contribution in [2.45, 2.75) is 38.6 Å². The first-order valence-electron chi connectivity index (χ1n) is 9.65. The summed E-state index contributed by atoms with van der Waals surface area (Å²) in [5.41, 5.74) is 0.00480. The van der Waals surface area contributed by atoms with Gasteiger partial charge >= 0.3 is 0 Å². The van der Waals surface area contributed by atoms with Gasteiger partial charge in [-0.25, -0.2) is 8.42 Å². The van der Waals surface area contributed by atoms with Gasteiger partial charge in [0, 0.05) is 18.2 Å². The number of sulfonamides is 1. The molecule has 1 N–H and O–H groups in total. The molecule has 162 valence electrons. The highest BCUT2D eigenvalue weighted by molar-refractivity contribution is 7.92. The summed E-state index contributed by atoms with van der Waals surface area (Å²) in [5, 5.41) is 13.9. The zero-order valence-electron chi connectivity index (χ0n) is 17.5. The number of hydrogen-bond acceptors (Lipinski definition) is 5. The van der Waals surface area contributed by atoms with Crippen LogP contribution in [0.1, 0.15) is 27.7 Å². The molecule has 2 aromatic rings. The van der Waals surface area contributed by atoms with Gasteiger partial charge in [0.1, 0.15) is 6.54 Å². The summed E-state index contributed by atoms with van der Waals surface area (Å²) in [7, 11) is -4.06. The molecule has 0 aliphatic carbocycles. The summed E-state index contributed by atoms with van der Waals surface area (Å²) in [6, 6.07) is 12.7. The average molecular weight is 434 g/mol. The first-order chi connectivity index (χ1) is 14.0. The Hall–Kier alpha value is -2.94. The quantitative estimate of drug-likeness (QED) is 0.480. The monoisotopic (exact) mass is 433 g/mol. The number of nitrogens with zero attached hydrogens (tertiary/aromatic N) is 2. The highest BCUT2D eigenvalue weighted by Gasteiger charge is 2.29. The van der Waals surface area contributed by atoms with Gasteiger partial charge in [0.05, 0.1) is 15.5 Å². The van der Waals surface area contributed by atoms with Gasteiger partial charge in [-0.1, -0.05) is 45.9 Å². The standard InChI is InChI=1S/C21H27N3O5S/c1-15(2)21(16(3)4)22-20(25)14-23(17-10-12-18(13-11-17)24(26)27)30(28,29)19-8-6-5-7-9-19/h5-13,15-16,21H,14H2,1-4H3,(H,22,25). The van der Waals surface area contributed by atoms with E-state index in [1.807, 2.05) is 27.7 Å². The molecule has 0 fully saturated rings. The molecular formula is C21H27N3O5S. The Bertz CT molecular complexity index is 965. The van der Waals surface area contributed by atoms with Gasteiger partial charge in [-0.05, 0) is 36.1 Å². The van der Waals surface area contributed by atoms with Crippen molar-refractivity contribution in [3.8, 4) is 0 Å². The van der Waals surface area contributed by atoms with E-state index in [2.05, 4.69) is 5.32 Å². The van der Waals surface area contributed by atoms with Crippen LogP contribution in [0.2, 0.25) is 0 Å². The molecule has 30 heavy (non-hydrogen) atoms. The summed E-state index contributed by atoms with van der Waals surface area (Å²) in [5.74, 6) is -0.0970. The van der Waals surface area contributed by atoms with E-state index < -0.39 is 27.4 Å². The van der Waals surface area contributed by atoms with Crippen LogP contribution < -0.4 is 9.62 Å². The number of carbonyl (C=O) groups is 1. The van der Waals surface area contributed by atoms with Crippen LogP contribution in [-0.4, -0.2) is 31.8 Å². The van der Waals surface area contributed by atoms with E-state index in [1.165, 1.54) is 36.4 Å². The van der Waals surface area contributed by atoms with E-state index in [4.69, 9.17) is 0 Å². The van der Waals surface area contributed by atoms with E-state index >= 15 is 0 Å². The largest absolute Gasteiger partial charge is 0.351 e. The highest BCUT2D eigenvalue weighted by atomic mass is 32.2. The Morgan fingerprint density at radius 1 is 1.00 bits per heavy atom. The third-order valence-electron chi connectivity index (χ3n) is 4.73. The molecule has 0 atom stereocenters. The molecule has 0 radical (unpaired) electrons. The molecule has 0 heterocycles. The third-order valence-corrected chi connectivity index (χ3v) is 6.52. The second-order valence-electron chi connectivity index (χ2n) is 7.68. The van der Waals surface area contributed by atoms with E-state index in [0.29, 0.717) is 0 Å². The number of nitrogens with one attached hydrogen (secondary N) is 1. The first-order valence-corrected chi connectivity index (χ1v) is 11.1. The molecule has 8 nitrogen and oxygen atoms in total. The van der Waals surface area contributed by atoms with Crippen molar-refractivity contribution in [3.05, 3.63) is 64.7 Å². The minimum Gasteiger partial charge on any atom is -0.351 e. The van der Waals surface area contributed by atoms with E-state index in [0.717, 1.165) is 4.31 Å². The lowest BCUT2D eigenvalue weighted by atomic mass is 9.93. The molecule has 0 spiro atoms. The van der Waals surface area contributed by atoms with Crippen molar-refractivity contribution in [2.24, 2.45) is 11.8 Å². The van der Waals surface area contributed by atoms with Crippen LogP contribution in [0.15, 0.2) is 59.5 Å². The number of anilines is 1. The van der Waals surface area contributed by atoms with Gasteiger partial charge < -0.3 is 5.32 Å². The zero-order valence-corrected chi connectivity index (χ0v) is 18.3. The van der Waals surface area contributed by atoms with Gasteiger partial charge in [0.25, 0.3) is 15.7 Å². The number of hydrogen-bond donors (Lipinski definition) is 1. The maximum absolute atomic E-state index is 13.3.